The fourth-order valence-electron chi connectivity index (χ4n) is 2.07. The minimum absolute atomic E-state index is 0.0166. The zero-order valence-corrected chi connectivity index (χ0v) is 13.6. The summed E-state index contributed by atoms with van der Waals surface area (Å²) >= 11 is 0.895. The van der Waals surface area contributed by atoms with Crippen LogP contribution in [0.3, 0.4) is 0 Å². The molecule has 9 heteroatoms. The number of hydrogen-bond donors (Lipinski definition) is 2. The summed E-state index contributed by atoms with van der Waals surface area (Å²) in [5.41, 5.74) is -0.111. The first kappa shape index (κ1) is 16.2. The molecule has 0 aliphatic heterocycles. The Balaban J connectivity index is 2.19. The maximum Gasteiger partial charge on any atom is 0.304 e. The number of nitro groups is 1. The van der Waals surface area contributed by atoms with Crippen molar-refractivity contribution in [2.45, 2.75) is 37.3 Å². The number of nitrogens with one attached hydrogen (secondary N) is 2. The van der Waals surface area contributed by atoms with Crippen LogP contribution in [0.4, 0.5) is 10.7 Å². The molecule has 0 bridgehead atoms. The molecular weight excluding hydrogens is 314 g/mol. The highest BCUT2D eigenvalue weighted by molar-refractivity contribution is 7.91. The third-order valence-corrected chi connectivity index (χ3v) is 6.79. The summed E-state index contributed by atoms with van der Waals surface area (Å²) < 4.78 is 27.1. The van der Waals surface area contributed by atoms with Gasteiger partial charge in [-0.1, -0.05) is 18.3 Å². The monoisotopic (exact) mass is 333 g/mol. The van der Waals surface area contributed by atoms with Crippen molar-refractivity contribution in [1.29, 1.82) is 0 Å². The molecule has 0 unspecified atom stereocenters. The largest absolute Gasteiger partial charge is 0.372 e. The van der Waals surface area contributed by atoms with Crippen LogP contribution in [-0.2, 0) is 10.0 Å². The van der Waals surface area contributed by atoms with Gasteiger partial charge in [0.15, 0.2) is 5.00 Å². The molecule has 0 radical (unpaired) electrons. The first-order valence-electron chi connectivity index (χ1n) is 6.85. The summed E-state index contributed by atoms with van der Waals surface area (Å²) in [5.74, 6) is 0. The lowest BCUT2D eigenvalue weighted by atomic mass is 10.1. The average molecular weight is 333 g/mol. The van der Waals surface area contributed by atoms with Crippen molar-refractivity contribution in [2.24, 2.45) is 5.41 Å². The van der Waals surface area contributed by atoms with Crippen molar-refractivity contribution in [3.05, 3.63) is 16.2 Å². The van der Waals surface area contributed by atoms with E-state index in [1.807, 2.05) is 6.92 Å². The first-order chi connectivity index (χ1) is 9.83. The third-order valence-electron chi connectivity index (χ3n) is 3.83. The van der Waals surface area contributed by atoms with Gasteiger partial charge in [0.25, 0.3) is 0 Å². The zero-order chi connectivity index (χ0) is 15.7. The van der Waals surface area contributed by atoms with Gasteiger partial charge in [-0.2, -0.15) is 0 Å². The maximum absolute atomic E-state index is 12.3. The van der Waals surface area contributed by atoms with Crippen molar-refractivity contribution in [3.63, 3.8) is 0 Å². The summed E-state index contributed by atoms with van der Waals surface area (Å²) in [6, 6.07) is 1.12. The standard InChI is InChI=1S/C12H19N3O4S2/c1-3-12(5-6-12)8-14-21(18,19)10-7-9(15(16)17)11(20-10)13-4-2/h7,13-14H,3-6,8H2,1-2H3. The fourth-order valence-corrected chi connectivity index (χ4v) is 4.66. The lowest BCUT2D eigenvalue weighted by Gasteiger charge is -2.12. The van der Waals surface area contributed by atoms with Crippen molar-refractivity contribution in [2.75, 3.05) is 18.4 Å². The predicted octanol–water partition coefficient (Wildman–Crippen LogP) is 2.56. The summed E-state index contributed by atoms with van der Waals surface area (Å²) in [5, 5.41) is 14.1. The van der Waals surface area contributed by atoms with Gasteiger partial charge in [-0.25, -0.2) is 13.1 Å². The second-order valence-electron chi connectivity index (χ2n) is 5.25. The second-order valence-corrected chi connectivity index (χ2v) is 8.29. The van der Waals surface area contributed by atoms with E-state index in [4.69, 9.17) is 0 Å². The first-order valence-corrected chi connectivity index (χ1v) is 9.15. The minimum Gasteiger partial charge on any atom is -0.372 e. The van der Waals surface area contributed by atoms with E-state index >= 15 is 0 Å². The second kappa shape index (κ2) is 5.90. The third kappa shape index (κ3) is 3.53. The van der Waals surface area contributed by atoms with Crippen molar-refractivity contribution in [3.8, 4) is 0 Å². The van der Waals surface area contributed by atoms with Crippen LogP contribution >= 0.6 is 11.3 Å². The highest BCUT2D eigenvalue weighted by Gasteiger charge is 2.41. The number of nitrogens with zero attached hydrogens (tertiary/aromatic N) is 1. The molecule has 0 amide bonds. The van der Waals surface area contributed by atoms with Crippen LogP contribution in [0.25, 0.3) is 0 Å². The number of rotatable bonds is 8. The molecule has 0 aromatic carbocycles. The topological polar surface area (TPSA) is 101 Å². The Morgan fingerprint density at radius 2 is 2.10 bits per heavy atom. The number of thiophene rings is 1. The van der Waals surface area contributed by atoms with Crippen LogP contribution < -0.4 is 10.0 Å². The van der Waals surface area contributed by atoms with Crippen molar-refractivity contribution in [1.82, 2.24) is 4.72 Å². The lowest BCUT2D eigenvalue weighted by molar-refractivity contribution is -0.383. The molecule has 0 atom stereocenters. The zero-order valence-electron chi connectivity index (χ0n) is 12.0. The van der Waals surface area contributed by atoms with Gasteiger partial charge in [-0.15, -0.1) is 0 Å². The molecule has 2 N–H and O–H groups in total. The van der Waals surface area contributed by atoms with Gasteiger partial charge in [0.1, 0.15) is 4.21 Å². The van der Waals surface area contributed by atoms with E-state index in [-0.39, 0.29) is 20.3 Å². The molecular formula is C12H19N3O4S2. The summed E-state index contributed by atoms with van der Waals surface area (Å²) in [7, 11) is -3.69. The number of anilines is 1. The quantitative estimate of drug-likeness (QED) is 0.562. The summed E-state index contributed by atoms with van der Waals surface area (Å²) in [6.07, 6.45) is 2.99. The molecule has 7 nitrogen and oxygen atoms in total. The molecule has 0 spiro atoms. The number of hydrogen-bond acceptors (Lipinski definition) is 6. The molecule has 1 aromatic rings. The van der Waals surface area contributed by atoms with Gasteiger partial charge < -0.3 is 5.32 Å². The van der Waals surface area contributed by atoms with E-state index < -0.39 is 14.9 Å². The van der Waals surface area contributed by atoms with E-state index in [9.17, 15) is 18.5 Å². The van der Waals surface area contributed by atoms with Crippen LogP contribution in [-0.4, -0.2) is 26.4 Å². The SMILES string of the molecule is CCNc1sc(S(=O)(=O)NCC2(CC)CC2)cc1[N+](=O)[O-]. The Kier molecular flexibility index (Phi) is 4.54. The highest BCUT2D eigenvalue weighted by Crippen LogP contribution is 2.48. The van der Waals surface area contributed by atoms with Gasteiger partial charge in [0.05, 0.1) is 4.92 Å². The van der Waals surface area contributed by atoms with Crippen LogP contribution in [0.2, 0.25) is 0 Å². The van der Waals surface area contributed by atoms with Crippen LogP contribution in [0, 0.1) is 15.5 Å². The Hall–Kier alpha value is -1.19. The van der Waals surface area contributed by atoms with E-state index in [1.54, 1.807) is 6.92 Å². The molecule has 1 saturated carbocycles. The Morgan fingerprint density at radius 3 is 2.57 bits per heavy atom. The van der Waals surface area contributed by atoms with Gasteiger partial charge in [0.2, 0.25) is 10.0 Å². The van der Waals surface area contributed by atoms with Gasteiger partial charge in [-0.05, 0) is 31.6 Å². The molecule has 0 saturated heterocycles. The fraction of sp³-hybridized carbons (Fsp3) is 0.667. The maximum atomic E-state index is 12.3. The lowest BCUT2D eigenvalue weighted by Crippen LogP contribution is -2.29. The molecule has 118 valence electrons. The van der Waals surface area contributed by atoms with Crippen LogP contribution in [0.15, 0.2) is 10.3 Å². The molecule has 1 aromatic heterocycles. The van der Waals surface area contributed by atoms with Crippen molar-refractivity contribution < 1.29 is 13.3 Å². The molecule has 2 rings (SSSR count). The molecule has 1 aliphatic carbocycles. The van der Waals surface area contributed by atoms with Crippen molar-refractivity contribution >= 4 is 32.0 Å². The smallest absolute Gasteiger partial charge is 0.304 e. The van der Waals surface area contributed by atoms with E-state index in [2.05, 4.69) is 10.0 Å². The van der Waals surface area contributed by atoms with E-state index in [0.717, 1.165) is 36.7 Å². The van der Waals surface area contributed by atoms with Gasteiger partial charge in [0, 0.05) is 19.2 Å². The number of sulfonamides is 1. The van der Waals surface area contributed by atoms with Crippen LogP contribution in [0.1, 0.15) is 33.1 Å². The minimum atomic E-state index is -3.69. The Morgan fingerprint density at radius 1 is 1.43 bits per heavy atom. The highest BCUT2D eigenvalue weighted by atomic mass is 32.2. The molecule has 21 heavy (non-hydrogen) atoms. The average Bonchev–Trinajstić information content (AvgIpc) is 3.09. The molecule has 1 heterocycles. The summed E-state index contributed by atoms with van der Waals surface area (Å²) in [4.78, 5) is 10.4. The predicted molar refractivity (Wildman–Crippen MR) is 82.3 cm³/mol. The van der Waals surface area contributed by atoms with Gasteiger partial charge in [-0.3, -0.25) is 10.1 Å². The molecule has 1 aliphatic rings. The Labute approximate surface area is 127 Å². The Bertz CT molecular complexity index is 635. The van der Waals surface area contributed by atoms with E-state index in [1.165, 1.54) is 0 Å². The van der Waals surface area contributed by atoms with Gasteiger partial charge >= 0.3 is 5.69 Å². The van der Waals surface area contributed by atoms with Crippen LogP contribution in [0.5, 0.6) is 0 Å². The summed E-state index contributed by atoms with van der Waals surface area (Å²) in [6.45, 7) is 4.73. The molecule has 1 fully saturated rings. The van der Waals surface area contributed by atoms with E-state index in [0.29, 0.717) is 13.1 Å². The normalized spacial score (nSPS) is 16.7.